The van der Waals surface area contributed by atoms with Crippen molar-refractivity contribution in [3.63, 3.8) is 0 Å². The van der Waals surface area contributed by atoms with E-state index in [4.69, 9.17) is 4.65 Å². The van der Waals surface area contributed by atoms with Crippen LogP contribution in [0.4, 0.5) is 0 Å². The van der Waals surface area contributed by atoms with E-state index in [1.54, 1.807) is 11.1 Å². The number of fused-ring (bicyclic) bond motifs is 3. The molecule has 1 aliphatic carbocycles. The van der Waals surface area contributed by atoms with Gasteiger partial charge in [0, 0.05) is 31.9 Å². The van der Waals surface area contributed by atoms with Crippen molar-refractivity contribution in [3.8, 4) is 5.75 Å². The van der Waals surface area contributed by atoms with E-state index in [0.29, 0.717) is 19.3 Å². The molecule has 0 bridgehead atoms. The van der Waals surface area contributed by atoms with Gasteiger partial charge in [0.05, 0.1) is 30.2 Å². The monoisotopic (exact) mass is 675 g/mol. The SMILES string of the molecule is Cc1cc(/C=C(/CC[C@H]2OB(O)C[C@H]3C2=C(CO)C[C@H]2C(=O)N(C4CCN(Cc5ccccc5)CC4)C(=O)[C@H]23)c2ccccn2)cc(C)c1O. The number of piperidine rings is 1. The number of benzene rings is 2. The highest BCUT2D eigenvalue weighted by Crippen LogP contribution is 2.51. The number of nitrogens with zero attached hydrogens (tertiary/aromatic N) is 3. The quantitative estimate of drug-likeness (QED) is 0.161. The fraction of sp³-hybridized carbons (Fsp3) is 0.425. The molecule has 0 unspecified atom stereocenters. The molecule has 4 atom stereocenters. The lowest BCUT2D eigenvalue weighted by Crippen LogP contribution is -2.48. The van der Waals surface area contributed by atoms with E-state index in [2.05, 4.69) is 28.1 Å². The Morgan fingerprint density at radius 2 is 1.72 bits per heavy atom. The van der Waals surface area contributed by atoms with Gasteiger partial charge in [0.25, 0.3) is 0 Å². The number of allylic oxidation sites excluding steroid dienone is 1. The molecule has 260 valence electrons. The Morgan fingerprint density at radius 3 is 2.40 bits per heavy atom. The van der Waals surface area contributed by atoms with E-state index in [-0.39, 0.29) is 42.5 Å². The fourth-order valence-corrected chi connectivity index (χ4v) is 8.86. The van der Waals surface area contributed by atoms with Crippen LogP contribution in [0.2, 0.25) is 6.32 Å². The van der Waals surface area contributed by atoms with Crippen LogP contribution in [0, 0.1) is 31.6 Å². The number of likely N-dealkylation sites (tertiary alicyclic amines) is 2. The first kappa shape index (κ1) is 34.4. The molecule has 2 amide bonds. The predicted octanol–water partition coefficient (Wildman–Crippen LogP) is 5.18. The average molecular weight is 676 g/mol. The Labute approximate surface area is 294 Å². The number of aryl methyl sites for hydroxylation is 2. The molecule has 50 heavy (non-hydrogen) atoms. The summed E-state index contributed by atoms with van der Waals surface area (Å²) in [6.45, 7) is 6.00. The van der Waals surface area contributed by atoms with Gasteiger partial charge in [0.15, 0.2) is 0 Å². The van der Waals surface area contributed by atoms with Crippen LogP contribution in [-0.2, 0) is 20.8 Å². The molecule has 3 fully saturated rings. The van der Waals surface area contributed by atoms with Gasteiger partial charge in [-0.05, 0) is 128 Å². The maximum absolute atomic E-state index is 14.3. The van der Waals surface area contributed by atoms with E-state index in [0.717, 1.165) is 71.6 Å². The van der Waals surface area contributed by atoms with Crippen LogP contribution in [0.5, 0.6) is 5.75 Å². The summed E-state index contributed by atoms with van der Waals surface area (Å²) in [7, 11) is -1.09. The van der Waals surface area contributed by atoms with Crippen LogP contribution >= 0.6 is 0 Å². The molecule has 4 aliphatic rings. The molecule has 3 aromatic rings. The number of aliphatic hydroxyl groups is 1. The predicted molar refractivity (Wildman–Crippen MR) is 192 cm³/mol. The highest BCUT2D eigenvalue weighted by Gasteiger charge is 2.58. The maximum atomic E-state index is 14.3. The van der Waals surface area contributed by atoms with Crippen molar-refractivity contribution in [2.24, 2.45) is 17.8 Å². The number of imide groups is 1. The zero-order valence-corrected chi connectivity index (χ0v) is 28.9. The van der Waals surface area contributed by atoms with Crippen molar-refractivity contribution in [1.82, 2.24) is 14.8 Å². The first-order valence-electron chi connectivity index (χ1n) is 17.9. The lowest BCUT2D eigenvalue weighted by atomic mass is 9.58. The minimum Gasteiger partial charge on any atom is -0.507 e. The Balaban J connectivity index is 1.10. The third-order valence-electron chi connectivity index (χ3n) is 11.2. The number of hydrogen-bond donors (Lipinski definition) is 3. The van der Waals surface area contributed by atoms with Crippen LogP contribution in [0.15, 0.2) is 78.0 Å². The van der Waals surface area contributed by atoms with Crippen LogP contribution in [0.25, 0.3) is 11.6 Å². The van der Waals surface area contributed by atoms with Gasteiger partial charge in [-0.15, -0.1) is 0 Å². The number of amides is 2. The second-order valence-electron chi connectivity index (χ2n) is 14.4. The Bertz CT molecular complexity index is 1770. The number of pyridine rings is 1. The molecule has 4 heterocycles. The highest BCUT2D eigenvalue weighted by molar-refractivity contribution is 6.43. The number of hydrogen-bond acceptors (Lipinski definition) is 8. The van der Waals surface area contributed by atoms with Crippen molar-refractivity contribution in [2.75, 3.05) is 19.7 Å². The summed E-state index contributed by atoms with van der Waals surface area (Å²) < 4.78 is 6.18. The van der Waals surface area contributed by atoms with Gasteiger partial charge < -0.3 is 19.9 Å². The third-order valence-corrected chi connectivity index (χ3v) is 11.2. The van der Waals surface area contributed by atoms with E-state index in [1.807, 2.05) is 62.4 Å². The lowest BCUT2D eigenvalue weighted by molar-refractivity contribution is -0.144. The van der Waals surface area contributed by atoms with Gasteiger partial charge >= 0.3 is 7.12 Å². The summed E-state index contributed by atoms with van der Waals surface area (Å²) in [6, 6.07) is 19.8. The van der Waals surface area contributed by atoms with Crippen LogP contribution in [0.1, 0.15) is 60.1 Å². The average Bonchev–Trinajstić information content (AvgIpc) is 3.38. The van der Waals surface area contributed by atoms with Crippen LogP contribution in [-0.4, -0.2) is 80.8 Å². The molecule has 3 aliphatic heterocycles. The molecule has 1 aromatic heterocycles. The van der Waals surface area contributed by atoms with Gasteiger partial charge in [-0.2, -0.15) is 0 Å². The lowest BCUT2D eigenvalue weighted by Gasteiger charge is -2.43. The van der Waals surface area contributed by atoms with Gasteiger partial charge in [0.1, 0.15) is 5.75 Å². The van der Waals surface area contributed by atoms with Crippen molar-refractivity contribution in [1.29, 1.82) is 0 Å². The molecule has 0 spiro atoms. The number of carbonyl (C=O) groups excluding carboxylic acids is 2. The van der Waals surface area contributed by atoms with E-state index in [1.165, 1.54) is 5.56 Å². The Hall–Kier alpha value is -4.09. The molecule has 9 nitrogen and oxygen atoms in total. The van der Waals surface area contributed by atoms with E-state index in [9.17, 15) is 24.8 Å². The van der Waals surface area contributed by atoms with Crippen LogP contribution in [0.3, 0.4) is 0 Å². The van der Waals surface area contributed by atoms with Crippen LogP contribution < -0.4 is 0 Å². The first-order chi connectivity index (χ1) is 24.2. The van der Waals surface area contributed by atoms with Crippen molar-refractivity contribution >= 4 is 30.6 Å². The number of aromatic hydroxyl groups is 1. The second kappa shape index (κ2) is 14.6. The minimum absolute atomic E-state index is 0.135. The molecular formula is C40H46BN3O6. The number of phenols is 1. The standard InChI is InChI=1S/C40H46BN3O6/c1-25-18-28(19-26(2)38(25)46)20-29(34-10-6-7-15-42-34)11-12-35-36-30(24-45)21-32-37(33(36)22-41(49)50-35)40(48)44(39(32)47)31-13-16-43(17-14-31)23-27-8-4-3-5-9-27/h3-10,15,18-20,31-33,35,37,45-46,49H,11-14,16-17,21-24H2,1-2H3/b29-20-/t32-,33+,35-,37-/m1/s1. The third kappa shape index (κ3) is 6.82. The fourth-order valence-electron chi connectivity index (χ4n) is 8.86. The first-order valence-corrected chi connectivity index (χ1v) is 17.9. The maximum Gasteiger partial charge on any atom is 0.455 e. The summed E-state index contributed by atoms with van der Waals surface area (Å²) in [6.07, 6.45) is 6.35. The summed E-state index contributed by atoms with van der Waals surface area (Å²) in [5.41, 5.74) is 7.17. The molecule has 3 N–H and O–H groups in total. The summed E-state index contributed by atoms with van der Waals surface area (Å²) >= 11 is 0. The Kier molecular flexibility index (Phi) is 10.1. The van der Waals surface area contributed by atoms with Crippen molar-refractivity contribution in [2.45, 2.75) is 71.0 Å². The molecule has 3 saturated heterocycles. The summed E-state index contributed by atoms with van der Waals surface area (Å²) in [5.74, 6) is -1.47. The van der Waals surface area contributed by atoms with Crippen molar-refractivity contribution < 1.29 is 29.5 Å². The largest absolute Gasteiger partial charge is 0.507 e. The normalized spacial score (nSPS) is 24.9. The van der Waals surface area contributed by atoms with E-state index < -0.39 is 25.1 Å². The van der Waals surface area contributed by atoms with Gasteiger partial charge in [-0.3, -0.25) is 24.4 Å². The number of phenolic OH excluding ortho intramolecular Hbond substituents is 1. The van der Waals surface area contributed by atoms with Gasteiger partial charge in [-0.25, -0.2) is 0 Å². The molecule has 7 rings (SSSR count). The minimum atomic E-state index is -1.09. The second-order valence-corrected chi connectivity index (χ2v) is 14.4. The smallest absolute Gasteiger partial charge is 0.455 e. The molecule has 0 radical (unpaired) electrons. The number of aliphatic hydroxyl groups excluding tert-OH is 1. The molecular weight excluding hydrogens is 629 g/mol. The molecule has 10 heteroatoms. The van der Waals surface area contributed by atoms with E-state index >= 15 is 0 Å². The number of rotatable bonds is 9. The molecule has 0 saturated carbocycles. The molecule has 2 aromatic carbocycles. The number of carbonyl (C=O) groups is 2. The van der Waals surface area contributed by atoms with Crippen molar-refractivity contribution in [3.05, 3.63) is 106 Å². The Morgan fingerprint density at radius 1 is 1.00 bits per heavy atom. The number of aromatic nitrogens is 1. The topological polar surface area (TPSA) is 123 Å². The van der Waals surface area contributed by atoms with Gasteiger partial charge in [0.2, 0.25) is 11.8 Å². The highest BCUT2D eigenvalue weighted by atomic mass is 16.5. The zero-order chi connectivity index (χ0) is 34.9. The van der Waals surface area contributed by atoms with Gasteiger partial charge in [-0.1, -0.05) is 36.4 Å². The zero-order valence-electron chi connectivity index (χ0n) is 28.9. The summed E-state index contributed by atoms with van der Waals surface area (Å²) in [5, 5.41) is 32.0. The summed E-state index contributed by atoms with van der Waals surface area (Å²) in [4.78, 5) is 36.8.